The molecular weight excluding hydrogens is 362 g/mol. The largest absolute Gasteiger partial charge is 0.395 e. The van der Waals surface area contributed by atoms with Crippen molar-refractivity contribution in [3.05, 3.63) is 31.0 Å². The van der Waals surface area contributed by atoms with Gasteiger partial charge in [0.2, 0.25) is 0 Å². The van der Waals surface area contributed by atoms with E-state index in [9.17, 15) is 5.11 Å². The Hall–Kier alpha value is -3.35. The van der Waals surface area contributed by atoms with Gasteiger partial charge in [0.05, 0.1) is 30.2 Å². The van der Waals surface area contributed by atoms with E-state index in [1.807, 2.05) is 15.6 Å². The van der Waals surface area contributed by atoms with E-state index in [1.165, 1.54) is 0 Å². The summed E-state index contributed by atoms with van der Waals surface area (Å²) in [5.74, 6) is 0.737. The molecule has 1 unspecified atom stereocenters. The summed E-state index contributed by atoms with van der Waals surface area (Å²) in [7, 11) is 0. The molecule has 12 nitrogen and oxygen atoms in total. The number of hydrogen-bond donors (Lipinski definition) is 5. The van der Waals surface area contributed by atoms with Gasteiger partial charge in [-0.15, -0.1) is 0 Å². The van der Waals surface area contributed by atoms with Crippen molar-refractivity contribution in [2.75, 3.05) is 31.7 Å². The molecule has 0 saturated carbocycles. The van der Waals surface area contributed by atoms with Crippen LogP contribution in [0, 0.1) is 0 Å². The first-order chi connectivity index (χ1) is 13.6. The number of fused-ring (bicyclic) bond motifs is 1. The minimum atomic E-state index is -0.0982. The van der Waals surface area contributed by atoms with E-state index in [1.54, 1.807) is 24.9 Å². The lowest BCUT2D eigenvalue weighted by Gasteiger charge is -2.33. The number of nitrogens with zero attached hydrogens (tertiary/aromatic N) is 7. The average molecular weight is 383 g/mol. The minimum Gasteiger partial charge on any atom is -0.395 e. The molecule has 3 aromatic heterocycles. The van der Waals surface area contributed by atoms with Gasteiger partial charge in [0.15, 0.2) is 11.8 Å². The van der Waals surface area contributed by atoms with Crippen LogP contribution in [0.4, 0.5) is 11.8 Å². The van der Waals surface area contributed by atoms with E-state index in [2.05, 4.69) is 35.7 Å². The van der Waals surface area contributed by atoms with Gasteiger partial charge < -0.3 is 27.3 Å². The summed E-state index contributed by atoms with van der Waals surface area (Å²) in [4.78, 5) is 21.0. The Kier molecular flexibility index (Phi) is 4.97. The van der Waals surface area contributed by atoms with Gasteiger partial charge in [0.1, 0.15) is 11.8 Å². The molecule has 0 aromatic carbocycles. The Labute approximate surface area is 160 Å². The van der Waals surface area contributed by atoms with Gasteiger partial charge in [0, 0.05) is 31.9 Å². The molecule has 1 fully saturated rings. The van der Waals surface area contributed by atoms with Crippen molar-refractivity contribution >= 4 is 28.8 Å². The highest BCUT2D eigenvalue weighted by molar-refractivity contribution is 5.86. The number of aliphatic hydroxyl groups is 1. The predicted molar refractivity (Wildman–Crippen MR) is 104 cm³/mol. The molecule has 1 saturated heterocycles. The molecule has 12 heteroatoms. The molecule has 4 heterocycles. The number of aromatic nitrogens is 5. The lowest BCUT2D eigenvalue weighted by molar-refractivity contribution is 0.167. The van der Waals surface area contributed by atoms with Crippen molar-refractivity contribution in [1.29, 1.82) is 0 Å². The maximum Gasteiger partial charge on any atom is 0.252 e. The normalized spacial score (nSPS) is 17.5. The Morgan fingerprint density at radius 2 is 2.11 bits per heavy atom. The first-order valence-corrected chi connectivity index (χ1v) is 8.74. The smallest absolute Gasteiger partial charge is 0.252 e. The molecule has 4 rings (SSSR count). The quantitative estimate of drug-likeness (QED) is 0.264. The highest BCUT2D eigenvalue weighted by Gasteiger charge is 2.20. The van der Waals surface area contributed by atoms with Crippen LogP contribution in [0.25, 0.3) is 16.7 Å². The molecule has 146 valence electrons. The second-order valence-electron chi connectivity index (χ2n) is 6.31. The van der Waals surface area contributed by atoms with Gasteiger partial charge >= 0.3 is 0 Å². The molecule has 0 amide bonds. The van der Waals surface area contributed by atoms with Crippen LogP contribution in [-0.2, 0) is 0 Å². The van der Waals surface area contributed by atoms with E-state index in [0.717, 1.165) is 29.8 Å². The van der Waals surface area contributed by atoms with Crippen LogP contribution in [0.2, 0.25) is 0 Å². The third kappa shape index (κ3) is 3.69. The third-order valence-electron chi connectivity index (χ3n) is 4.34. The Morgan fingerprint density at radius 1 is 1.29 bits per heavy atom. The van der Waals surface area contributed by atoms with Crippen LogP contribution in [0.3, 0.4) is 0 Å². The van der Waals surface area contributed by atoms with E-state index in [0.29, 0.717) is 12.4 Å². The number of hydrazine groups is 1. The van der Waals surface area contributed by atoms with Crippen molar-refractivity contribution in [3.8, 4) is 5.69 Å². The van der Waals surface area contributed by atoms with Crippen LogP contribution in [0.5, 0.6) is 0 Å². The van der Waals surface area contributed by atoms with Gasteiger partial charge in [-0.2, -0.15) is 4.99 Å². The third-order valence-corrected chi connectivity index (χ3v) is 4.34. The van der Waals surface area contributed by atoms with E-state index in [-0.39, 0.29) is 24.6 Å². The maximum absolute atomic E-state index is 9.36. The molecule has 1 aliphatic rings. The van der Waals surface area contributed by atoms with Crippen LogP contribution >= 0.6 is 0 Å². The Morgan fingerprint density at radius 3 is 2.86 bits per heavy atom. The second-order valence-corrected chi connectivity index (χ2v) is 6.31. The lowest BCUT2D eigenvalue weighted by atomic mass is 10.2. The fraction of sp³-hybridized carbons (Fsp3) is 0.312. The molecule has 7 N–H and O–H groups in total. The number of guanidine groups is 1. The maximum atomic E-state index is 9.36. The van der Waals surface area contributed by atoms with Crippen LogP contribution in [0.1, 0.15) is 0 Å². The molecule has 1 atom stereocenters. The summed E-state index contributed by atoms with van der Waals surface area (Å²) in [5, 5.41) is 14.6. The first kappa shape index (κ1) is 18.0. The van der Waals surface area contributed by atoms with Crippen LogP contribution in [0.15, 0.2) is 36.0 Å². The molecule has 0 aliphatic carbocycles. The topological polar surface area (TPSA) is 168 Å². The van der Waals surface area contributed by atoms with Gasteiger partial charge in [-0.05, 0) is 6.07 Å². The van der Waals surface area contributed by atoms with E-state index >= 15 is 0 Å². The summed E-state index contributed by atoms with van der Waals surface area (Å²) >= 11 is 0. The standard InChI is InChI=1S/C16H21N11O/c17-15(18)24-16-21-5-11(6-22-16)27-9-23-13-12(27)1-2-20-14(13)25-26-4-3-19-10(7-26)8-28/h1-2,5-6,9-10,19,28H,3-4,7-8H2,(H,20,25)(H4,17,18,21,22,24). The van der Waals surface area contributed by atoms with E-state index < -0.39 is 0 Å². The second kappa shape index (κ2) is 7.72. The zero-order valence-electron chi connectivity index (χ0n) is 15.0. The zero-order valence-corrected chi connectivity index (χ0v) is 15.0. The summed E-state index contributed by atoms with van der Waals surface area (Å²) in [6.45, 7) is 2.31. The molecule has 0 radical (unpaired) electrons. The fourth-order valence-electron chi connectivity index (χ4n) is 3.04. The summed E-state index contributed by atoms with van der Waals surface area (Å²) in [5.41, 5.74) is 16.3. The lowest BCUT2D eigenvalue weighted by Crippen LogP contribution is -2.54. The first-order valence-electron chi connectivity index (χ1n) is 8.74. The summed E-state index contributed by atoms with van der Waals surface area (Å²) in [6.07, 6.45) is 6.63. The van der Waals surface area contributed by atoms with Crippen LogP contribution in [-0.4, -0.2) is 72.9 Å². The average Bonchev–Trinajstić information content (AvgIpc) is 3.13. The number of aliphatic hydroxyl groups excluding tert-OH is 1. The van der Waals surface area contributed by atoms with Gasteiger partial charge in [-0.25, -0.2) is 24.9 Å². The number of pyridine rings is 1. The molecule has 0 spiro atoms. The number of piperazine rings is 1. The number of aliphatic imine (C=N–C) groups is 1. The van der Waals surface area contributed by atoms with Crippen LogP contribution < -0.4 is 22.2 Å². The molecule has 3 aromatic rings. The fourth-order valence-corrected chi connectivity index (χ4v) is 3.04. The van der Waals surface area contributed by atoms with Crippen molar-refractivity contribution < 1.29 is 5.11 Å². The zero-order chi connectivity index (χ0) is 19.5. The highest BCUT2D eigenvalue weighted by atomic mass is 16.3. The Bertz CT molecular complexity index is 980. The molecule has 28 heavy (non-hydrogen) atoms. The molecular formula is C16H21N11O. The molecule has 0 bridgehead atoms. The Balaban J connectivity index is 1.61. The number of rotatable bonds is 5. The van der Waals surface area contributed by atoms with Gasteiger partial charge in [-0.1, -0.05) is 0 Å². The number of nitrogens with one attached hydrogen (secondary N) is 2. The molecule has 1 aliphatic heterocycles. The van der Waals surface area contributed by atoms with E-state index in [4.69, 9.17) is 11.5 Å². The monoisotopic (exact) mass is 383 g/mol. The van der Waals surface area contributed by atoms with Crippen molar-refractivity contribution in [3.63, 3.8) is 0 Å². The number of anilines is 1. The van der Waals surface area contributed by atoms with Crippen molar-refractivity contribution in [2.24, 2.45) is 16.5 Å². The number of imidazole rings is 1. The summed E-state index contributed by atoms with van der Waals surface area (Å²) < 4.78 is 1.86. The summed E-state index contributed by atoms with van der Waals surface area (Å²) in [6, 6.07) is 1.89. The SMILES string of the molecule is NC(N)=Nc1ncc(-n2cnc3c(NN4CCNC(CO)C4)nccc32)cn1. The number of hydrogen-bond acceptors (Lipinski definition) is 9. The van der Waals surface area contributed by atoms with Gasteiger partial charge in [-0.3, -0.25) is 4.57 Å². The minimum absolute atomic E-state index is 0.0268. The van der Waals surface area contributed by atoms with Gasteiger partial charge in [0.25, 0.3) is 5.95 Å². The predicted octanol–water partition coefficient (Wildman–Crippen LogP) is -1.29. The van der Waals surface area contributed by atoms with Crippen molar-refractivity contribution in [2.45, 2.75) is 6.04 Å². The van der Waals surface area contributed by atoms with Crippen molar-refractivity contribution in [1.82, 2.24) is 34.8 Å². The highest BCUT2D eigenvalue weighted by Crippen LogP contribution is 2.23. The number of nitrogens with two attached hydrogens (primary N) is 2.